The van der Waals surface area contributed by atoms with E-state index >= 15 is 0 Å². The van der Waals surface area contributed by atoms with Crippen molar-refractivity contribution in [3.63, 3.8) is 0 Å². The van der Waals surface area contributed by atoms with E-state index in [4.69, 9.17) is 0 Å². The molecule has 0 heterocycles. The third-order valence-electron chi connectivity index (χ3n) is 4.22. The van der Waals surface area contributed by atoms with Crippen LogP contribution in [-0.4, -0.2) is 11.2 Å². The summed E-state index contributed by atoms with van der Waals surface area (Å²) < 4.78 is 0. The molecule has 0 aliphatic rings. The lowest BCUT2D eigenvalue weighted by Gasteiger charge is -2.29. The van der Waals surface area contributed by atoms with Crippen molar-refractivity contribution in [1.82, 2.24) is 0 Å². The van der Waals surface area contributed by atoms with Gasteiger partial charge in [-0.2, -0.15) is 0 Å². The van der Waals surface area contributed by atoms with Crippen LogP contribution in [0.4, 0.5) is 0 Å². The Bertz CT molecular complexity index is 370. The predicted molar refractivity (Wildman–Crippen MR) is 83.5 cm³/mol. The highest BCUT2D eigenvalue weighted by Gasteiger charge is 2.22. The van der Waals surface area contributed by atoms with Crippen LogP contribution in [0.2, 0.25) is 0 Å². The first-order valence-electron chi connectivity index (χ1n) is 7.47. The zero-order valence-electron chi connectivity index (χ0n) is 13.4. The lowest BCUT2D eigenvalue weighted by Crippen LogP contribution is -2.24. The van der Waals surface area contributed by atoms with Gasteiger partial charge in [0.1, 0.15) is 0 Å². The van der Waals surface area contributed by atoms with Crippen LogP contribution in [0.5, 0.6) is 0 Å². The lowest BCUT2D eigenvalue weighted by atomic mass is 9.78. The summed E-state index contributed by atoms with van der Waals surface area (Å²) in [7, 11) is 0. The predicted octanol–water partition coefficient (Wildman–Crippen LogP) is 4.79. The maximum absolute atomic E-state index is 10.2. The van der Waals surface area contributed by atoms with Gasteiger partial charge in [0.2, 0.25) is 0 Å². The van der Waals surface area contributed by atoms with Crippen molar-refractivity contribution in [3.8, 4) is 0 Å². The third-order valence-corrected chi connectivity index (χ3v) is 4.22. The Morgan fingerprint density at radius 2 is 1.53 bits per heavy atom. The molecule has 0 amide bonds. The summed E-state index contributed by atoms with van der Waals surface area (Å²) in [5.74, 6) is 1.09. The summed E-state index contributed by atoms with van der Waals surface area (Å²) in [6.07, 6.45) is 1.40. The Hall–Kier alpha value is -0.820. The van der Waals surface area contributed by atoms with E-state index in [-0.39, 0.29) is 11.5 Å². The fourth-order valence-electron chi connectivity index (χ4n) is 2.16. The summed E-state index contributed by atoms with van der Waals surface area (Å²) >= 11 is 0. The number of aliphatic hydroxyl groups is 1. The van der Waals surface area contributed by atoms with E-state index in [2.05, 4.69) is 65.8 Å². The van der Waals surface area contributed by atoms with Gasteiger partial charge in [-0.3, -0.25) is 0 Å². The molecule has 1 aromatic carbocycles. The molecule has 0 bridgehead atoms. The quantitative estimate of drug-likeness (QED) is 0.809. The Kier molecular flexibility index (Phi) is 5.61. The van der Waals surface area contributed by atoms with Crippen LogP contribution in [0, 0.1) is 11.3 Å². The second-order valence-corrected chi connectivity index (χ2v) is 7.26. The first kappa shape index (κ1) is 16.2. The highest BCUT2D eigenvalue weighted by Crippen LogP contribution is 2.29. The van der Waals surface area contributed by atoms with Gasteiger partial charge in [0.25, 0.3) is 0 Å². The van der Waals surface area contributed by atoms with Gasteiger partial charge >= 0.3 is 0 Å². The molecule has 2 atom stereocenters. The number of hydrogen-bond acceptors (Lipinski definition) is 1. The van der Waals surface area contributed by atoms with E-state index < -0.39 is 0 Å². The third kappa shape index (κ3) is 5.36. The SMILES string of the molecule is CC(C)c1ccc(CC(O)CC(C)C(C)(C)C)cc1. The van der Waals surface area contributed by atoms with Gasteiger partial charge in [0.05, 0.1) is 6.10 Å². The Morgan fingerprint density at radius 3 is 1.95 bits per heavy atom. The lowest BCUT2D eigenvalue weighted by molar-refractivity contribution is 0.110. The van der Waals surface area contributed by atoms with Gasteiger partial charge in [0, 0.05) is 0 Å². The topological polar surface area (TPSA) is 20.2 Å². The number of rotatable bonds is 5. The molecule has 0 radical (unpaired) electrons. The average molecular weight is 262 g/mol. The standard InChI is InChI=1S/C18H30O/c1-13(2)16-9-7-15(8-10-16)12-17(19)11-14(3)18(4,5)6/h7-10,13-14,17,19H,11-12H2,1-6H3. The van der Waals surface area contributed by atoms with E-state index in [0.717, 1.165) is 12.8 Å². The fraction of sp³-hybridized carbons (Fsp3) is 0.667. The molecule has 1 rings (SSSR count). The van der Waals surface area contributed by atoms with Gasteiger partial charge in [-0.1, -0.05) is 65.8 Å². The molecule has 2 unspecified atom stereocenters. The highest BCUT2D eigenvalue weighted by atomic mass is 16.3. The fourth-order valence-corrected chi connectivity index (χ4v) is 2.16. The van der Waals surface area contributed by atoms with Gasteiger partial charge in [-0.25, -0.2) is 0 Å². The molecule has 1 N–H and O–H groups in total. The molecule has 19 heavy (non-hydrogen) atoms. The first-order valence-corrected chi connectivity index (χ1v) is 7.47. The Morgan fingerprint density at radius 1 is 1.00 bits per heavy atom. The van der Waals surface area contributed by atoms with Crippen molar-refractivity contribution < 1.29 is 5.11 Å². The zero-order valence-corrected chi connectivity index (χ0v) is 13.4. The van der Waals surface area contributed by atoms with Crippen molar-refractivity contribution in [2.75, 3.05) is 0 Å². The van der Waals surface area contributed by atoms with Gasteiger partial charge in [-0.05, 0) is 41.2 Å². The molecule has 0 aliphatic carbocycles. The molecule has 0 fully saturated rings. The maximum Gasteiger partial charge on any atom is 0.0583 e. The molecular weight excluding hydrogens is 232 g/mol. The minimum atomic E-state index is -0.237. The molecule has 0 aromatic heterocycles. The summed E-state index contributed by atoms with van der Waals surface area (Å²) in [6.45, 7) is 13.3. The van der Waals surface area contributed by atoms with E-state index in [0.29, 0.717) is 11.8 Å². The van der Waals surface area contributed by atoms with Gasteiger partial charge < -0.3 is 5.11 Å². The molecule has 108 valence electrons. The van der Waals surface area contributed by atoms with E-state index in [9.17, 15) is 5.11 Å². The maximum atomic E-state index is 10.2. The monoisotopic (exact) mass is 262 g/mol. The molecule has 1 heteroatoms. The average Bonchev–Trinajstić information content (AvgIpc) is 2.28. The summed E-state index contributed by atoms with van der Waals surface area (Å²) in [5.41, 5.74) is 2.86. The van der Waals surface area contributed by atoms with Crippen LogP contribution in [0.3, 0.4) is 0 Å². The molecule has 0 spiro atoms. The van der Waals surface area contributed by atoms with Crippen LogP contribution in [0.25, 0.3) is 0 Å². The van der Waals surface area contributed by atoms with Crippen LogP contribution in [0.15, 0.2) is 24.3 Å². The van der Waals surface area contributed by atoms with E-state index in [1.54, 1.807) is 0 Å². The largest absolute Gasteiger partial charge is 0.393 e. The summed E-state index contributed by atoms with van der Waals surface area (Å²) in [6, 6.07) is 8.67. The number of aliphatic hydroxyl groups excluding tert-OH is 1. The molecule has 0 aliphatic heterocycles. The van der Waals surface area contributed by atoms with Crippen LogP contribution in [0.1, 0.15) is 65.0 Å². The van der Waals surface area contributed by atoms with E-state index in [1.807, 2.05) is 0 Å². The number of hydrogen-bond donors (Lipinski definition) is 1. The minimum Gasteiger partial charge on any atom is -0.393 e. The van der Waals surface area contributed by atoms with Gasteiger partial charge in [-0.15, -0.1) is 0 Å². The van der Waals surface area contributed by atoms with Crippen molar-refractivity contribution >= 4 is 0 Å². The molecule has 1 nitrogen and oxygen atoms in total. The van der Waals surface area contributed by atoms with Crippen molar-refractivity contribution in [1.29, 1.82) is 0 Å². The summed E-state index contributed by atoms with van der Waals surface area (Å²) in [4.78, 5) is 0. The minimum absolute atomic E-state index is 0.237. The molecule has 1 aromatic rings. The zero-order chi connectivity index (χ0) is 14.6. The Balaban J connectivity index is 2.55. The second-order valence-electron chi connectivity index (χ2n) is 7.26. The molecule has 0 saturated carbocycles. The Labute approximate surface area is 119 Å². The highest BCUT2D eigenvalue weighted by molar-refractivity contribution is 5.25. The van der Waals surface area contributed by atoms with Crippen LogP contribution in [-0.2, 0) is 6.42 Å². The second kappa shape index (κ2) is 6.56. The first-order chi connectivity index (χ1) is 8.70. The summed E-state index contributed by atoms with van der Waals surface area (Å²) in [5, 5.41) is 10.2. The van der Waals surface area contributed by atoms with Crippen molar-refractivity contribution in [2.24, 2.45) is 11.3 Å². The van der Waals surface area contributed by atoms with Crippen LogP contribution >= 0.6 is 0 Å². The smallest absolute Gasteiger partial charge is 0.0583 e. The van der Waals surface area contributed by atoms with Crippen LogP contribution < -0.4 is 0 Å². The van der Waals surface area contributed by atoms with Gasteiger partial charge in [0.15, 0.2) is 0 Å². The van der Waals surface area contributed by atoms with Crippen molar-refractivity contribution in [3.05, 3.63) is 35.4 Å². The molecule has 0 saturated heterocycles. The van der Waals surface area contributed by atoms with E-state index in [1.165, 1.54) is 11.1 Å². The number of benzene rings is 1. The normalized spacial score (nSPS) is 15.6. The molecular formula is C18H30O. The van der Waals surface area contributed by atoms with Crippen molar-refractivity contribution in [2.45, 2.75) is 66.4 Å².